The van der Waals surface area contributed by atoms with Gasteiger partial charge in [-0.3, -0.25) is 0 Å². The fourth-order valence-electron chi connectivity index (χ4n) is 2.43. The molecule has 1 atom stereocenters. The molecule has 0 aliphatic carbocycles. The van der Waals surface area contributed by atoms with Gasteiger partial charge in [0.25, 0.3) is 0 Å². The fraction of sp³-hybridized carbons (Fsp3) is 0.250. The number of hydrogen-bond donors (Lipinski definition) is 1. The first-order chi connectivity index (χ1) is 9.24. The van der Waals surface area contributed by atoms with Gasteiger partial charge in [-0.25, -0.2) is 4.39 Å². The minimum absolute atomic E-state index is 0.00200. The van der Waals surface area contributed by atoms with Gasteiger partial charge >= 0.3 is 0 Å². The molecule has 0 aromatic heterocycles. The van der Waals surface area contributed by atoms with Gasteiger partial charge in [0.05, 0.1) is 24.9 Å². The summed E-state index contributed by atoms with van der Waals surface area (Å²) in [4.78, 5) is 0. The van der Waals surface area contributed by atoms with Gasteiger partial charge < -0.3 is 10.1 Å². The number of ether oxygens (including phenoxy) is 1. The van der Waals surface area contributed by atoms with E-state index in [1.807, 2.05) is 25.1 Å². The number of anilines is 1. The lowest BCUT2D eigenvalue weighted by Gasteiger charge is -2.27. The maximum Gasteiger partial charge on any atom is 0.146 e. The largest absolute Gasteiger partial charge is 0.374 e. The molecule has 2 aromatic rings. The van der Waals surface area contributed by atoms with Crippen LogP contribution in [0.2, 0.25) is 0 Å². The molecule has 1 heterocycles. The van der Waals surface area contributed by atoms with Crippen molar-refractivity contribution in [2.24, 2.45) is 0 Å². The minimum Gasteiger partial charge on any atom is -0.374 e. The summed E-state index contributed by atoms with van der Waals surface area (Å²) in [6.45, 7) is 3.07. The average Bonchev–Trinajstić information content (AvgIpc) is 2.42. The standard InChI is InChI=1S/C16H16FNO/c1-11-6-7-15(14(17)8-11)18-16-10-19-9-12-4-2-3-5-13(12)16/h2-8,16,18H,9-10H2,1H3. The SMILES string of the molecule is Cc1ccc(NC2COCc3ccccc32)c(F)c1. The van der Waals surface area contributed by atoms with Gasteiger partial charge in [-0.15, -0.1) is 0 Å². The van der Waals surface area contributed by atoms with E-state index in [1.54, 1.807) is 6.07 Å². The van der Waals surface area contributed by atoms with E-state index in [-0.39, 0.29) is 11.9 Å². The first-order valence-corrected chi connectivity index (χ1v) is 6.42. The van der Waals surface area contributed by atoms with Gasteiger partial charge in [0, 0.05) is 0 Å². The van der Waals surface area contributed by atoms with Crippen molar-refractivity contribution in [3.05, 3.63) is 65.0 Å². The molecule has 1 aliphatic rings. The Kier molecular flexibility index (Phi) is 3.22. The van der Waals surface area contributed by atoms with Gasteiger partial charge in [-0.1, -0.05) is 30.3 Å². The molecule has 2 aromatic carbocycles. The second-order valence-electron chi connectivity index (χ2n) is 4.89. The summed E-state index contributed by atoms with van der Waals surface area (Å²) < 4.78 is 19.4. The number of halogens is 1. The summed E-state index contributed by atoms with van der Waals surface area (Å²) in [6, 6.07) is 13.3. The van der Waals surface area contributed by atoms with Gasteiger partial charge in [0.15, 0.2) is 0 Å². The second-order valence-corrected chi connectivity index (χ2v) is 4.89. The molecule has 0 spiro atoms. The van der Waals surface area contributed by atoms with E-state index in [4.69, 9.17) is 4.74 Å². The van der Waals surface area contributed by atoms with Crippen LogP contribution in [0.5, 0.6) is 0 Å². The van der Waals surface area contributed by atoms with Crippen LogP contribution in [0.15, 0.2) is 42.5 Å². The molecule has 3 heteroatoms. The molecular formula is C16H16FNO. The highest BCUT2D eigenvalue weighted by molar-refractivity contribution is 5.49. The molecule has 0 amide bonds. The van der Waals surface area contributed by atoms with E-state index in [0.717, 1.165) is 5.56 Å². The number of nitrogens with one attached hydrogen (secondary N) is 1. The van der Waals surface area contributed by atoms with E-state index >= 15 is 0 Å². The van der Waals surface area contributed by atoms with Crippen molar-refractivity contribution in [1.29, 1.82) is 0 Å². The Balaban J connectivity index is 1.88. The zero-order valence-electron chi connectivity index (χ0n) is 10.8. The molecule has 98 valence electrons. The summed E-state index contributed by atoms with van der Waals surface area (Å²) in [5.41, 5.74) is 3.80. The summed E-state index contributed by atoms with van der Waals surface area (Å²) in [6.07, 6.45) is 0. The van der Waals surface area contributed by atoms with E-state index in [0.29, 0.717) is 18.9 Å². The van der Waals surface area contributed by atoms with Gasteiger partial charge in [0.1, 0.15) is 5.82 Å². The first-order valence-electron chi connectivity index (χ1n) is 6.42. The Labute approximate surface area is 112 Å². The first kappa shape index (κ1) is 12.2. The molecule has 1 aliphatic heterocycles. The third-order valence-corrected chi connectivity index (χ3v) is 3.43. The van der Waals surface area contributed by atoms with Gasteiger partial charge in [-0.05, 0) is 35.7 Å². The summed E-state index contributed by atoms with van der Waals surface area (Å²) in [5, 5.41) is 3.23. The fourth-order valence-corrected chi connectivity index (χ4v) is 2.43. The number of hydrogen-bond acceptors (Lipinski definition) is 2. The molecule has 1 N–H and O–H groups in total. The Morgan fingerprint density at radius 3 is 2.89 bits per heavy atom. The third-order valence-electron chi connectivity index (χ3n) is 3.43. The van der Waals surface area contributed by atoms with Gasteiger partial charge in [-0.2, -0.15) is 0 Å². The van der Waals surface area contributed by atoms with Crippen LogP contribution in [-0.2, 0) is 11.3 Å². The Morgan fingerprint density at radius 2 is 2.05 bits per heavy atom. The highest BCUT2D eigenvalue weighted by Crippen LogP contribution is 2.28. The highest BCUT2D eigenvalue weighted by atomic mass is 19.1. The second kappa shape index (κ2) is 5.02. The lowest BCUT2D eigenvalue weighted by molar-refractivity contribution is 0.0969. The van der Waals surface area contributed by atoms with Crippen molar-refractivity contribution < 1.29 is 9.13 Å². The van der Waals surface area contributed by atoms with Crippen LogP contribution in [0.3, 0.4) is 0 Å². The molecule has 0 saturated heterocycles. The normalized spacial score (nSPS) is 17.9. The van der Waals surface area contributed by atoms with E-state index in [9.17, 15) is 4.39 Å². The molecule has 3 rings (SSSR count). The maximum absolute atomic E-state index is 13.9. The van der Waals surface area contributed by atoms with Crippen LogP contribution in [0.25, 0.3) is 0 Å². The Morgan fingerprint density at radius 1 is 1.21 bits per heavy atom. The smallest absolute Gasteiger partial charge is 0.146 e. The number of fused-ring (bicyclic) bond motifs is 1. The van der Waals surface area contributed by atoms with E-state index in [2.05, 4.69) is 17.4 Å². The molecule has 0 radical (unpaired) electrons. The van der Waals surface area contributed by atoms with Crippen molar-refractivity contribution >= 4 is 5.69 Å². The molecule has 0 saturated carbocycles. The number of aryl methyl sites for hydroxylation is 1. The Hall–Kier alpha value is -1.87. The zero-order valence-corrected chi connectivity index (χ0v) is 10.8. The van der Waals surface area contributed by atoms with Gasteiger partial charge in [0.2, 0.25) is 0 Å². The molecule has 2 nitrogen and oxygen atoms in total. The summed E-state index contributed by atoms with van der Waals surface area (Å²) in [7, 11) is 0. The van der Waals surface area contributed by atoms with Crippen LogP contribution < -0.4 is 5.32 Å². The zero-order chi connectivity index (χ0) is 13.2. The highest BCUT2D eigenvalue weighted by Gasteiger charge is 2.20. The monoisotopic (exact) mass is 257 g/mol. The predicted molar refractivity (Wildman–Crippen MR) is 73.6 cm³/mol. The van der Waals surface area contributed by atoms with Crippen molar-refractivity contribution in [2.75, 3.05) is 11.9 Å². The van der Waals surface area contributed by atoms with Crippen molar-refractivity contribution in [1.82, 2.24) is 0 Å². The molecule has 0 fully saturated rings. The maximum atomic E-state index is 13.9. The molecule has 0 bridgehead atoms. The van der Waals surface area contributed by atoms with Crippen LogP contribution in [0.4, 0.5) is 10.1 Å². The Bertz CT molecular complexity index is 597. The van der Waals surface area contributed by atoms with E-state index in [1.165, 1.54) is 17.2 Å². The van der Waals surface area contributed by atoms with Crippen LogP contribution >= 0.6 is 0 Å². The van der Waals surface area contributed by atoms with E-state index < -0.39 is 0 Å². The van der Waals surface area contributed by atoms with Crippen molar-refractivity contribution in [3.8, 4) is 0 Å². The average molecular weight is 257 g/mol. The molecular weight excluding hydrogens is 241 g/mol. The quantitative estimate of drug-likeness (QED) is 0.883. The lowest BCUT2D eigenvalue weighted by Crippen LogP contribution is -2.23. The summed E-state index contributed by atoms with van der Waals surface area (Å²) >= 11 is 0. The topological polar surface area (TPSA) is 21.3 Å². The lowest BCUT2D eigenvalue weighted by atomic mass is 9.99. The van der Waals surface area contributed by atoms with Crippen molar-refractivity contribution in [2.45, 2.75) is 19.6 Å². The molecule has 19 heavy (non-hydrogen) atoms. The predicted octanol–water partition coefficient (Wildman–Crippen LogP) is 3.82. The van der Waals surface area contributed by atoms with Crippen molar-refractivity contribution in [3.63, 3.8) is 0 Å². The molecule has 1 unspecified atom stereocenters. The number of rotatable bonds is 2. The summed E-state index contributed by atoms with van der Waals surface area (Å²) in [5.74, 6) is -0.219. The van der Waals surface area contributed by atoms with Crippen LogP contribution in [0.1, 0.15) is 22.7 Å². The van der Waals surface area contributed by atoms with Crippen LogP contribution in [0, 0.1) is 12.7 Å². The minimum atomic E-state index is -0.219. The van der Waals surface area contributed by atoms with Crippen LogP contribution in [-0.4, -0.2) is 6.61 Å². The third kappa shape index (κ3) is 2.47. The number of benzene rings is 2.